The number of aryl methyl sites for hydroxylation is 1. The number of pyridine rings is 1. The number of likely N-dealkylation sites (tertiary alicyclic amines) is 1. The van der Waals surface area contributed by atoms with Crippen LogP contribution in [0.2, 0.25) is 0 Å². The Labute approximate surface area is 179 Å². The van der Waals surface area contributed by atoms with E-state index in [4.69, 9.17) is 0 Å². The summed E-state index contributed by atoms with van der Waals surface area (Å²) in [5, 5.41) is 21.0. The van der Waals surface area contributed by atoms with Crippen molar-refractivity contribution in [3.8, 4) is 5.75 Å². The molecule has 160 valence electrons. The molecule has 1 atom stereocenters. The van der Waals surface area contributed by atoms with Crippen LogP contribution in [0.4, 0.5) is 0 Å². The normalized spacial score (nSPS) is 18.5. The van der Waals surface area contributed by atoms with Gasteiger partial charge < -0.3 is 20.0 Å². The van der Waals surface area contributed by atoms with Crippen LogP contribution in [-0.2, 0) is 9.59 Å². The summed E-state index contributed by atoms with van der Waals surface area (Å²) in [4.78, 5) is 33.9. The van der Waals surface area contributed by atoms with E-state index in [-0.39, 0.29) is 17.1 Å². The second kappa shape index (κ2) is 7.88. The number of amides is 1. The van der Waals surface area contributed by atoms with Crippen molar-refractivity contribution in [3.63, 3.8) is 0 Å². The molecule has 0 aliphatic carbocycles. The third-order valence-corrected chi connectivity index (χ3v) is 5.47. The minimum Gasteiger partial charge on any atom is -0.508 e. The summed E-state index contributed by atoms with van der Waals surface area (Å²) in [7, 11) is 3.77. The fourth-order valence-corrected chi connectivity index (χ4v) is 3.95. The predicted octanol–water partition coefficient (Wildman–Crippen LogP) is 2.33. The maximum Gasteiger partial charge on any atom is 0.295 e. The van der Waals surface area contributed by atoms with E-state index >= 15 is 0 Å². The van der Waals surface area contributed by atoms with Gasteiger partial charge >= 0.3 is 0 Å². The number of hydrogen-bond acceptors (Lipinski definition) is 6. The number of aliphatic hydroxyl groups excluding tert-OH is 1. The summed E-state index contributed by atoms with van der Waals surface area (Å²) in [6.07, 6.45) is 1.75. The molecule has 8 nitrogen and oxygen atoms in total. The number of aromatic nitrogens is 2. The number of phenols is 1. The Morgan fingerprint density at radius 1 is 1.13 bits per heavy atom. The van der Waals surface area contributed by atoms with Crippen molar-refractivity contribution in [2.24, 2.45) is 0 Å². The lowest BCUT2D eigenvalue weighted by molar-refractivity contribution is -0.140. The van der Waals surface area contributed by atoms with Crippen molar-refractivity contribution in [3.05, 3.63) is 71.2 Å². The van der Waals surface area contributed by atoms with Gasteiger partial charge in [0, 0.05) is 19.3 Å². The molecule has 8 heteroatoms. The van der Waals surface area contributed by atoms with Crippen LogP contribution in [0.3, 0.4) is 0 Å². The van der Waals surface area contributed by atoms with Crippen LogP contribution in [0, 0.1) is 6.92 Å². The lowest BCUT2D eigenvalue weighted by Gasteiger charge is -2.26. The Bertz CT molecular complexity index is 1190. The van der Waals surface area contributed by atoms with Gasteiger partial charge in [-0.05, 0) is 50.8 Å². The molecule has 1 amide bonds. The number of carbonyl (C=O) groups excluding carboxylic acids is 2. The molecule has 1 aromatic carbocycles. The van der Waals surface area contributed by atoms with Gasteiger partial charge in [0.1, 0.15) is 17.1 Å². The maximum absolute atomic E-state index is 13.1. The molecule has 2 N–H and O–H groups in total. The van der Waals surface area contributed by atoms with Gasteiger partial charge in [-0.25, -0.2) is 4.98 Å². The number of nitrogens with zero attached hydrogens (tertiary/aromatic N) is 4. The molecule has 1 aliphatic heterocycles. The second-order valence-corrected chi connectivity index (χ2v) is 7.86. The number of rotatable bonds is 5. The van der Waals surface area contributed by atoms with Crippen LogP contribution in [0.5, 0.6) is 5.75 Å². The average Bonchev–Trinajstić information content (AvgIpc) is 3.20. The van der Waals surface area contributed by atoms with Crippen molar-refractivity contribution in [1.82, 2.24) is 19.2 Å². The van der Waals surface area contributed by atoms with Crippen LogP contribution in [-0.4, -0.2) is 68.3 Å². The summed E-state index contributed by atoms with van der Waals surface area (Å²) >= 11 is 0. The number of phenolic OH excluding ortho intramolecular Hbond substituents is 1. The van der Waals surface area contributed by atoms with Crippen LogP contribution < -0.4 is 0 Å². The van der Waals surface area contributed by atoms with Gasteiger partial charge in [-0.2, -0.15) is 0 Å². The summed E-state index contributed by atoms with van der Waals surface area (Å²) in [6.45, 7) is 2.61. The molecule has 0 radical (unpaired) electrons. The Balaban J connectivity index is 1.92. The van der Waals surface area contributed by atoms with E-state index in [1.165, 1.54) is 17.0 Å². The molecule has 31 heavy (non-hydrogen) atoms. The quantitative estimate of drug-likeness (QED) is 0.374. The van der Waals surface area contributed by atoms with Crippen molar-refractivity contribution in [2.75, 3.05) is 27.2 Å². The van der Waals surface area contributed by atoms with Crippen molar-refractivity contribution < 1.29 is 19.8 Å². The summed E-state index contributed by atoms with van der Waals surface area (Å²) in [6, 6.07) is 11.0. The number of carbonyl (C=O) groups is 2. The highest BCUT2D eigenvalue weighted by Crippen LogP contribution is 2.40. The SMILES string of the molecule is Cc1nc2ccccn2c1/C(O)=C1\C(=O)C(=O)N(CCN(C)C)C1c1ccc(O)cc1. The molecule has 3 heterocycles. The monoisotopic (exact) mass is 420 g/mol. The fourth-order valence-electron chi connectivity index (χ4n) is 3.95. The highest BCUT2D eigenvalue weighted by molar-refractivity contribution is 6.46. The second-order valence-electron chi connectivity index (χ2n) is 7.86. The molecule has 2 aromatic heterocycles. The minimum atomic E-state index is -0.769. The fraction of sp³-hybridized carbons (Fsp3) is 0.261. The van der Waals surface area contributed by atoms with Crippen LogP contribution in [0.1, 0.15) is 23.0 Å². The first kappa shape index (κ1) is 20.6. The molecule has 1 unspecified atom stereocenters. The third kappa shape index (κ3) is 3.55. The number of aliphatic hydroxyl groups is 1. The van der Waals surface area contributed by atoms with Gasteiger partial charge in [-0.15, -0.1) is 0 Å². The third-order valence-electron chi connectivity index (χ3n) is 5.47. The molecular formula is C23H24N4O4. The molecule has 1 saturated heterocycles. The highest BCUT2D eigenvalue weighted by atomic mass is 16.3. The number of benzene rings is 1. The van der Waals surface area contributed by atoms with Gasteiger partial charge in [0.05, 0.1) is 17.3 Å². The van der Waals surface area contributed by atoms with E-state index in [0.717, 1.165) is 0 Å². The summed E-state index contributed by atoms with van der Waals surface area (Å²) in [5.41, 5.74) is 2.20. The molecule has 4 rings (SSSR count). The zero-order chi connectivity index (χ0) is 22.3. The zero-order valence-electron chi connectivity index (χ0n) is 17.6. The van der Waals surface area contributed by atoms with Crippen LogP contribution in [0.25, 0.3) is 11.4 Å². The van der Waals surface area contributed by atoms with E-state index in [1.54, 1.807) is 41.8 Å². The first-order valence-electron chi connectivity index (χ1n) is 9.95. The maximum atomic E-state index is 13.1. The van der Waals surface area contributed by atoms with E-state index in [9.17, 15) is 19.8 Å². The molecule has 0 saturated carbocycles. The highest BCUT2D eigenvalue weighted by Gasteiger charge is 2.46. The lowest BCUT2D eigenvalue weighted by Crippen LogP contribution is -2.35. The van der Waals surface area contributed by atoms with Crippen LogP contribution in [0.15, 0.2) is 54.2 Å². The number of fused-ring (bicyclic) bond motifs is 1. The van der Waals surface area contributed by atoms with Gasteiger partial charge in [0.15, 0.2) is 5.76 Å². The van der Waals surface area contributed by atoms with Crippen molar-refractivity contribution in [2.45, 2.75) is 13.0 Å². The number of ketones is 1. The van der Waals surface area contributed by atoms with Crippen molar-refractivity contribution in [1.29, 1.82) is 0 Å². The molecule has 3 aromatic rings. The Kier molecular flexibility index (Phi) is 5.24. The largest absolute Gasteiger partial charge is 0.508 e. The predicted molar refractivity (Wildman–Crippen MR) is 116 cm³/mol. The van der Waals surface area contributed by atoms with Gasteiger partial charge in [-0.1, -0.05) is 18.2 Å². The number of imidazole rings is 1. The van der Waals surface area contributed by atoms with Gasteiger partial charge in [0.25, 0.3) is 11.7 Å². The summed E-state index contributed by atoms with van der Waals surface area (Å²) in [5.74, 6) is -1.58. The lowest BCUT2D eigenvalue weighted by atomic mass is 9.96. The standard InChI is InChI=1S/C23H24N4O4/c1-14-19(26-11-5-4-6-17(26)24-14)21(29)18-20(15-7-9-16(28)10-8-15)27(13-12-25(2)3)23(31)22(18)30/h4-11,20,28-29H,12-13H2,1-3H3/b21-18+. The number of hydrogen-bond donors (Lipinski definition) is 2. The molecule has 0 bridgehead atoms. The van der Waals surface area contributed by atoms with E-state index < -0.39 is 17.7 Å². The number of likely N-dealkylation sites (N-methyl/N-ethyl adjacent to an activating group) is 1. The number of Topliss-reactive ketones (excluding diaryl/α,β-unsaturated/α-hetero) is 1. The van der Waals surface area contributed by atoms with Gasteiger partial charge in [0.2, 0.25) is 0 Å². The van der Waals surface area contributed by atoms with Gasteiger partial charge in [-0.3, -0.25) is 14.0 Å². The Hall–Kier alpha value is -3.65. The first-order chi connectivity index (χ1) is 14.8. The van der Waals surface area contributed by atoms with Crippen molar-refractivity contribution >= 4 is 23.1 Å². The Morgan fingerprint density at radius 3 is 2.52 bits per heavy atom. The zero-order valence-corrected chi connectivity index (χ0v) is 17.6. The van der Waals surface area contributed by atoms with E-state index in [0.29, 0.717) is 35.7 Å². The Morgan fingerprint density at radius 2 is 1.84 bits per heavy atom. The van der Waals surface area contributed by atoms with E-state index in [1.807, 2.05) is 25.1 Å². The van der Waals surface area contributed by atoms with Crippen LogP contribution >= 0.6 is 0 Å². The van der Waals surface area contributed by atoms with E-state index in [2.05, 4.69) is 4.98 Å². The topological polar surface area (TPSA) is 98.4 Å². The molecule has 1 aliphatic rings. The first-order valence-corrected chi connectivity index (χ1v) is 9.95. The molecule has 0 spiro atoms. The summed E-state index contributed by atoms with van der Waals surface area (Å²) < 4.78 is 1.70. The minimum absolute atomic E-state index is 0.0169. The molecular weight excluding hydrogens is 396 g/mol. The average molecular weight is 420 g/mol. The smallest absolute Gasteiger partial charge is 0.295 e. The molecule has 1 fully saturated rings. The number of aromatic hydroxyl groups is 1.